The van der Waals surface area contributed by atoms with Crippen LogP contribution in [0.2, 0.25) is 5.02 Å². The molecule has 0 atom stereocenters. The molecule has 1 saturated heterocycles. The molecule has 2 saturated carbocycles. The summed E-state index contributed by atoms with van der Waals surface area (Å²) in [6, 6.07) is 43.3. The van der Waals surface area contributed by atoms with Crippen LogP contribution in [-0.4, -0.2) is 53.8 Å². The molecule has 0 N–H and O–H groups in total. The summed E-state index contributed by atoms with van der Waals surface area (Å²) >= 11 is 5.74. The molecule has 2 aliphatic carbocycles. The second-order valence-corrected chi connectivity index (χ2v) is 22.5. The molecule has 2 aromatic heterocycles. The Labute approximate surface area is 420 Å². The van der Waals surface area contributed by atoms with E-state index in [4.69, 9.17) is 30.4 Å². The molecule has 9 rings (SSSR count). The van der Waals surface area contributed by atoms with Gasteiger partial charge in [-0.25, -0.2) is 0 Å². The lowest BCUT2D eigenvalue weighted by Gasteiger charge is -2.39. The minimum absolute atomic E-state index is 0.182. The second-order valence-electron chi connectivity index (χ2n) is 19.3. The van der Waals surface area contributed by atoms with Crippen LogP contribution in [0.15, 0.2) is 158 Å². The van der Waals surface area contributed by atoms with Crippen LogP contribution < -0.4 is 14.8 Å². The number of aromatic nitrogens is 2. The summed E-state index contributed by atoms with van der Waals surface area (Å²) in [5, 5.41) is 2.25. The molecule has 3 aliphatic rings. The molecule has 362 valence electrons. The number of rotatable bonds is 10. The first-order valence-electron chi connectivity index (χ1n) is 24.7. The molecule has 0 spiro atoms. The fraction of sp³-hybridized carbons (Fsp3) is 0.367. The third-order valence-electron chi connectivity index (χ3n) is 13.6. The van der Waals surface area contributed by atoms with Crippen molar-refractivity contribution in [3.63, 3.8) is 0 Å². The maximum absolute atomic E-state index is 5.80. The molecule has 6 aromatic rings. The van der Waals surface area contributed by atoms with Gasteiger partial charge in [0.25, 0.3) is 0 Å². The van der Waals surface area contributed by atoms with Crippen LogP contribution in [0.25, 0.3) is 39.2 Å². The van der Waals surface area contributed by atoms with Crippen LogP contribution in [-0.2, 0) is 9.31 Å². The summed E-state index contributed by atoms with van der Waals surface area (Å²) in [6.45, 7) is 19.8. The van der Waals surface area contributed by atoms with Crippen molar-refractivity contribution in [3.8, 4) is 45.1 Å². The van der Waals surface area contributed by atoms with E-state index >= 15 is 0 Å². The number of methoxy groups -OCH3 is 2. The molecule has 3 heterocycles. The van der Waals surface area contributed by atoms with Gasteiger partial charge in [-0.05, 0) is 131 Å². The Hall–Kier alpha value is -5.04. The van der Waals surface area contributed by atoms with Gasteiger partial charge in [-0.3, -0.25) is 9.97 Å². The maximum Gasteiger partial charge on any atom is 0.489 e. The molecule has 9 heteroatoms. The summed E-state index contributed by atoms with van der Waals surface area (Å²) in [5.41, 5.74) is 11.0. The van der Waals surface area contributed by atoms with E-state index in [1.807, 2.05) is 121 Å². The maximum atomic E-state index is 5.80. The Morgan fingerprint density at radius 2 is 1.06 bits per heavy atom. The van der Waals surface area contributed by atoms with Gasteiger partial charge in [0, 0.05) is 23.5 Å². The van der Waals surface area contributed by atoms with Crippen molar-refractivity contribution in [2.24, 2.45) is 0 Å². The number of hydrogen-bond acceptors (Lipinski definition) is 6. The third kappa shape index (κ3) is 14.5. The van der Waals surface area contributed by atoms with Crippen LogP contribution in [0.1, 0.15) is 111 Å². The second kappa shape index (κ2) is 25.7. The van der Waals surface area contributed by atoms with E-state index in [-0.39, 0.29) is 26.2 Å². The molecule has 0 bridgehead atoms. The summed E-state index contributed by atoms with van der Waals surface area (Å²) in [6.07, 6.45) is 17.7. The average molecular weight is 963 g/mol. The van der Waals surface area contributed by atoms with Crippen molar-refractivity contribution >= 4 is 37.5 Å². The van der Waals surface area contributed by atoms with Gasteiger partial charge in [0.15, 0.2) is 0 Å². The van der Waals surface area contributed by atoms with Crippen molar-refractivity contribution in [2.75, 3.05) is 14.2 Å². The van der Waals surface area contributed by atoms with Crippen molar-refractivity contribution in [1.29, 1.82) is 0 Å². The van der Waals surface area contributed by atoms with Crippen molar-refractivity contribution in [3.05, 3.63) is 169 Å². The van der Waals surface area contributed by atoms with Crippen molar-refractivity contribution in [2.45, 2.75) is 128 Å². The Morgan fingerprint density at radius 1 is 0.594 bits per heavy atom. The zero-order chi connectivity index (χ0) is 49.4. The quantitative estimate of drug-likeness (QED) is 0.101. The molecule has 0 amide bonds. The summed E-state index contributed by atoms with van der Waals surface area (Å²) in [7, 11) is 3.12. The summed E-state index contributed by atoms with van der Waals surface area (Å²) < 4.78 is 23.0. The standard InChI is InChI=1S/C26H35O2P.C14H13N.C11H8ClN.C9H17BO2/c1-27-23-17-11-18-24(28-2)26(23)22-16-9-10-19-25(22)29(20-12-5-3-6-13-20)21-14-7-4-8-15-21;1-11(2)13-8-9-14(15-10-13)12-6-4-3-5-7-12;12-10-6-7-11(13-8-10)9-4-2-1-3-5-9;1-7(2)10-11-8(3,4)9(5,6)12-10/h9-11,16-21H,3-8,12-15H2,1-2H3;3-10H,1H2,2H3;1-8H;1H2,2-6H3. The molecule has 0 unspecified atom stereocenters. The first kappa shape index (κ1) is 53.3. The Kier molecular flexibility index (Phi) is 19.9. The van der Waals surface area contributed by atoms with Gasteiger partial charge in [0.2, 0.25) is 0 Å². The van der Waals surface area contributed by atoms with Gasteiger partial charge in [-0.1, -0.05) is 167 Å². The highest BCUT2D eigenvalue weighted by atomic mass is 35.5. The van der Waals surface area contributed by atoms with Gasteiger partial charge < -0.3 is 18.8 Å². The monoisotopic (exact) mass is 963 g/mol. The Balaban J connectivity index is 0.000000165. The van der Waals surface area contributed by atoms with Gasteiger partial charge in [-0.2, -0.15) is 0 Å². The number of benzene rings is 4. The summed E-state index contributed by atoms with van der Waals surface area (Å²) in [4.78, 5) is 8.63. The fourth-order valence-corrected chi connectivity index (χ4v) is 13.1. The smallest absolute Gasteiger partial charge is 0.489 e. The molecular weight excluding hydrogens is 890 g/mol. The molecule has 4 aromatic carbocycles. The zero-order valence-electron chi connectivity index (χ0n) is 42.3. The molecule has 0 radical (unpaired) electrons. The van der Waals surface area contributed by atoms with E-state index < -0.39 is 0 Å². The highest BCUT2D eigenvalue weighted by molar-refractivity contribution is 7.67. The number of hydrogen-bond donors (Lipinski definition) is 0. The topological polar surface area (TPSA) is 62.7 Å². The van der Waals surface area contributed by atoms with Crippen molar-refractivity contribution in [1.82, 2.24) is 9.97 Å². The average Bonchev–Trinajstić information content (AvgIpc) is 3.61. The summed E-state index contributed by atoms with van der Waals surface area (Å²) in [5.74, 6) is 1.83. The molecule has 6 nitrogen and oxygen atoms in total. The predicted molar refractivity (Wildman–Crippen MR) is 295 cm³/mol. The van der Waals surface area contributed by atoms with E-state index in [9.17, 15) is 0 Å². The van der Waals surface area contributed by atoms with E-state index in [1.165, 1.54) is 69.8 Å². The Morgan fingerprint density at radius 3 is 1.46 bits per heavy atom. The lowest BCUT2D eigenvalue weighted by molar-refractivity contribution is 0.00578. The lowest BCUT2D eigenvalue weighted by Crippen LogP contribution is -2.41. The van der Waals surface area contributed by atoms with Crippen LogP contribution in [0.4, 0.5) is 0 Å². The minimum atomic E-state index is -0.241. The lowest BCUT2D eigenvalue weighted by atomic mass is 9.81. The Bertz CT molecular complexity index is 2470. The first-order chi connectivity index (χ1) is 33.2. The van der Waals surface area contributed by atoms with E-state index in [0.29, 0.717) is 5.02 Å². The number of nitrogens with zero attached hydrogens (tertiary/aromatic N) is 2. The third-order valence-corrected chi connectivity index (χ3v) is 17.4. The largest absolute Gasteiger partial charge is 0.496 e. The van der Waals surface area contributed by atoms with E-state index in [2.05, 4.69) is 77.7 Å². The van der Waals surface area contributed by atoms with Crippen LogP contribution in [0.5, 0.6) is 11.5 Å². The first-order valence-corrected chi connectivity index (χ1v) is 26.5. The van der Waals surface area contributed by atoms with Crippen LogP contribution >= 0.6 is 19.5 Å². The fourth-order valence-electron chi connectivity index (χ4n) is 9.06. The number of ether oxygens (including phenoxy) is 2. The predicted octanol–water partition coefficient (Wildman–Crippen LogP) is 16.5. The number of halogens is 1. The van der Waals surface area contributed by atoms with Gasteiger partial charge in [0.1, 0.15) is 11.5 Å². The zero-order valence-corrected chi connectivity index (χ0v) is 44.0. The molecule has 69 heavy (non-hydrogen) atoms. The SMILES string of the molecule is C=C(C)B1OC(C)(C)C(C)(C)O1.C=C(C)c1ccc(-c2ccccc2)nc1.COc1cccc(OC)c1-c1ccccc1P(C1CCCCC1)C1CCCCC1.Clc1ccc(-c2ccccc2)nc1. The van der Waals surface area contributed by atoms with Crippen molar-refractivity contribution < 1.29 is 18.8 Å². The highest BCUT2D eigenvalue weighted by Crippen LogP contribution is 2.57. The minimum Gasteiger partial charge on any atom is -0.496 e. The number of pyridine rings is 2. The molecular formula is C60H73BClN2O4P. The van der Waals surface area contributed by atoms with Crippen LogP contribution in [0.3, 0.4) is 0 Å². The van der Waals surface area contributed by atoms with Gasteiger partial charge >= 0.3 is 7.12 Å². The normalized spacial score (nSPS) is 16.4. The van der Waals surface area contributed by atoms with Gasteiger partial charge in [0.05, 0.1) is 47.4 Å². The van der Waals surface area contributed by atoms with E-state index in [0.717, 1.165) is 67.5 Å². The van der Waals surface area contributed by atoms with E-state index in [1.54, 1.807) is 25.7 Å². The number of allylic oxidation sites excluding steroid dienone is 2. The highest BCUT2D eigenvalue weighted by Gasteiger charge is 2.51. The molecule has 3 fully saturated rings. The molecule has 1 aliphatic heterocycles. The van der Waals surface area contributed by atoms with Crippen LogP contribution in [0, 0.1) is 0 Å². The van der Waals surface area contributed by atoms with Gasteiger partial charge in [-0.15, -0.1) is 6.58 Å².